The molecule has 3 heteroatoms. The molecule has 0 radical (unpaired) electrons. The van der Waals surface area contributed by atoms with Crippen LogP contribution in [0.5, 0.6) is 0 Å². The maximum absolute atomic E-state index is 4.77. The van der Waals surface area contributed by atoms with Crippen LogP contribution in [0, 0.1) is 6.92 Å². The lowest BCUT2D eigenvalue weighted by atomic mass is 10.1. The van der Waals surface area contributed by atoms with Crippen LogP contribution in [0.2, 0.25) is 0 Å². The molecule has 3 rings (SSSR count). The van der Waals surface area contributed by atoms with Crippen LogP contribution < -0.4 is 5.32 Å². The van der Waals surface area contributed by atoms with Gasteiger partial charge in [0.2, 0.25) is 0 Å². The van der Waals surface area contributed by atoms with Crippen LogP contribution >= 0.6 is 11.3 Å². The van der Waals surface area contributed by atoms with Gasteiger partial charge >= 0.3 is 0 Å². The molecule has 0 atom stereocenters. The van der Waals surface area contributed by atoms with Gasteiger partial charge in [0.15, 0.2) is 5.13 Å². The minimum Gasteiger partial charge on any atom is -0.361 e. The van der Waals surface area contributed by atoms with Crippen molar-refractivity contribution in [2.45, 2.75) is 26.7 Å². The lowest BCUT2D eigenvalue weighted by Crippen LogP contribution is -2.04. The predicted molar refractivity (Wildman–Crippen MR) is 100 cm³/mol. The van der Waals surface area contributed by atoms with Crippen LogP contribution in [-0.4, -0.2) is 11.5 Å². The molecule has 0 bridgehead atoms. The molecule has 118 valence electrons. The summed E-state index contributed by atoms with van der Waals surface area (Å²) < 4.78 is 0. The topological polar surface area (TPSA) is 24.9 Å². The molecule has 23 heavy (non-hydrogen) atoms. The van der Waals surface area contributed by atoms with Crippen LogP contribution in [0.25, 0.3) is 11.3 Å². The summed E-state index contributed by atoms with van der Waals surface area (Å²) in [5, 5.41) is 4.46. The zero-order valence-electron chi connectivity index (χ0n) is 13.7. The highest BCUT2D eigenvalue weighted by Crippen LogP contribution is 2.30. The van der Waals surface area contributed by atoms with Crippen molar-refractivity contribution in [3.05, 3.63) is 70.6 Å². The first-order chi connectivity index (χ1) is 11.3. The second-order valence-corrected chi connectivity index (χ2v) is 6.84. The second kappa shape index (κ2) is 7.42. The van der Waals surface area contributed by atoms with Gasteiger partial charge in [-0.25, -0.2) is 4.98 Å². The first-order valence-corrected chi connectivity index (χ1v) is 8.92. The summed E-state index contributed by atoms with van der Waals surface area (Å²) in [6, 6.07) is 19.3. The lowest BCUT2D eigenvalue weighted by Gasteiger charge is -2.03. The number of aryl methyl sites for hydroxylation is 2. The monoisotopic (exact) mass is 322 g/mol. The normalized spacial score (nSPS) is 10.7. The van der Waals surface area contributed by atoms with E-state index in [0.29, 0.717) is 0 Å². The Morgan fingerprint density at radius 2 is 1.70 bits per heavy atom. The van der Waals surface area contributed by atoms with Crippen molar-refractivity contribution >= 4 is 16.5 Å². The molecule has 0 unspecified atom stereocenters. The van der Waals surface area contributed by atoms with Crippen molar-refractivity contribution in [3.63, 3.8) is 0 Å². The number of hydrogen-bond acceptors (Lipinski definition) is 3. The molecule has 1 heterocycles. The lowest BCUT2D eigenvalue weighted by molar-refractivity contribution is 1.02. The van der Waals surface area contributed by atoms with E-state index in [1.165, 1.54) is 21.6 Å². The summed E-state index contributed by atoms with van der Waals surface area (Å²) in [6.07, 6.45) is 2.09. The van der Waals surface area contributed by atoms with E-state index >= 15 is 0 Å². The summed E-state index contributed by atoms with van der Waals surface area (Å²) in [7, 11) is 0. The van der Waals surface area contributed by atoms with Crippen LogP contribution in [0.3, 0.4) is 0 Å². The van der Waals surface area contributed by atoms with Crippen molar-refractivity contribution in [3.8, 4) is 11.3 Å². The summed E-state index contributed by atoms with van der Waals surface area (Å²) in [5.74, 6) is 0. The van der Waals surface area contributed by atoms with Crippen LogP contribution in [-0.2, 0) is 12.8 Å². The third kappa shape index (κ3) is 3.99. The Hall–Kier alpha value is -2.13. The first kappa shape index (κ1) is 15.8. The SMILES string of the molecule is CCc1ccc(-c2nc(NCCc3ccccc3)sc2C)cc1. The molecule has 3 aromatic rings. The molecule has 0 fully saturated rings. The molecule has 0 aliphatic rings. The molecule has 0 amide bonds. The van der Waals surface area contributed by atoms with Crippen LogP contribution in [0.15, 0.2) is 54.6 Å². The molecule has 0 spiro atoms. The highest BCUT2D eigenvalue weighted by molar-refractivity contribution is 7.16. The summed E-state index contributed by atoms with van der Waals surface area (Å²) in [6.45, 7) is 5.23. The highest BCUT2D eigenvalue weighted by atomic mass is 32.1. The van der Waals surface area contributed by atoms with Gasteiger partial charge in [-0.15, -0.1) is 11.3 Å². The first-order valence-electron chi connectivity index (χ1n) is 8.11. The van der Waals surface area contributed by atoms with Gasteiger partial charge in [0.25, 0.3) is 0 Å². The molecule has 2 aromatic carbocycles. The molecule has 0 aliphatic carbocycles. The van der Waals surface area contributed by atoms with Gasteiger partial charge in [-0.05, 0) is 30.9 Å². The fourth-order valence-electron chi connectivity index (χ4n) is 2.60. The third-order valence-electron chi connectivity index (χ3n) is 3.96. The molecule has 1 N–H and O–H groups in total. The van der Waals surface area contributed by atoms with Crippen molar-refractivity contribution < 1.29 is 0 Å². The van der Waals surface area contributed by atoms with Gasteiger partial charge in [0, 0.05) is 17.0 Å². The number of aromatic nitrogens is 1. The number of nitrogens with one attached hydrogen (secondary N) is 1. The van der Waals surface area contributed by atoms with E-state index in [-0.39, 0.29) is 0 Å². The average molecular weight is 322 g/mol. The van der Waals surface area contributed by atoms with Gasteiger partial charge in [0.1, 0.15) is 0 Å². The molecule has 2 nitrogen and oxygen atoms in total. The minimum absolute atomic E-state index is 0.908. The molecular formula is C20H22N2S. The Balaban J connectivity index is 1.65. The smallest absolute Gasteiger partial charge is 0.183 e. The number of hydrogen-bond donors (Lipinski definition) is 1. The fourth-order valence-corrected chi connectivity index (χ4v) is 3.46. The van der Waals surface area contributed by atoms with E-state index in [1.54, 1.807) is 11.3 Å². The van der Waals surface area contributed by atoms with Crippen LogP contribution in [0.1, 0.15) is 22.9 Å². The maximum Gasteiger partial charge on any atom is 0.183 e. The van der Waals surface area contributed by atoms with Gasteiger partial charge in [0.05, 0.1) is 5.69 Å². The van der Waals surface area contributed by atoms with E-state index < -0.39 is 0 Å². The minimum atomic E-state index is 0.908. The second-order valence-electron chi connectivity index (χ2n) is 5.64. The number of rotatable bonds is 6. The Morgan fingerprint density at radius 3 is 2.39 bits per heavy atom. The quantitative estimate of drug-likeness (QED) is 0.663. The number of nitrogens with zero attached hydrogens (tertiary/aromatic N) is 1. The van der Waals surface area contributed by atoms with Gasteiger partial charge in [-0.1, -0.05) is 61.5 Å². The van der Waals surface area contributed by atoms with Gasteiger partial charge in [-0.3, -0.25) is 0 Å². The van der Waals surface area contributed by atoms with E-state index in [1.807, 2.05) is 0 Å². The standard InChI is InChI=1S/C20H22N2S/c1-3-16-9-11-18(12-10-16)19-15(2)23-20(22-19)21-14-13-17-7-5-4-6-8-17/h4-12H,3,13-14H2,1-2H3,(H,21,22). The van der Waals surface area contributed by atoms with E-state index in [2.05, 4.69) is 73.8 Å². The maximum atomic E-state index is 4.77. The predicted octanol–water partition coefficient (Wildman–Crippen LogP) is 5.34. The highest BCUT2D eigenvalue weighted by Gasteiger charge is 2.09. The molecule has 1 aromatic heterocycles. The number of benzene rings is 2. The zero-order chi connectivity index (χ0) is 16.1. The zero-order valence-corrected chi connectivity index (χ0v) is 14.5. The number of anilines is 1. The van der Waals surface area contributed by atoms with Crippen molar-refractivity contribution in [2.24, 2.45) is 0 Å². The van der Waals surface area contributed by atoms with Crippen LogP contribution in [0.4, 0.5) is 5.13 Å². The Kier molecular flexibility index (Phi) is 5.09. The van der Waals surface area contributed by atoms with E-state index in [9.17, 15) is 0 Å². The van der Waals surface area contributed by atoms with Gasteiger partial charge in [-0.2, -0.15) is 0 Å². The molecular weight excluding hydrogens is 300 g/mol. The molecule has 0 saturated heterocycles. The average Bonchev–Trinajstić information content (AvgIpc) is 2.97. The molecule has 0 saturated carbocycles. The molecule has 0 aliphatic heterocycles. The van der Waals surface area contributed by atoms with Crippen molar-refractivity contribution in [1.29, 1.82) is 0 Å². The summed E-state index contributed by atoms with van der Waals surface area (Å²) in [5.41, 5.74) is 5.01. The number of thiazole rings is 1. The fraction of sp³-hybridized carbons (Fsp3) is 0.250. The summed E-state index contributed by atoms with van der Waals surface area (Å²) in [4.78, 5) is 6.03. The third-order valence-corrected chi connectivity index (χ3v) is 4.89. The van der Waals surface area contributed by atoms with E-state index in [0.717, 1.165) is 30.2 Å². The Morgan fingerprint density at radius 1 is 0.957 bits per heavy atom. The Labute approximate surface area is 142 Å². The van der Waals surface area contributed by atoms with Crippen molar-refractivity contribution in [2.75, 3.05) is 11.9 Å². The Bertz CT molecular complexity index is 745. The summed E-state index contributed by atoms with van der Waals surface area (Å²) >= 11 is 1.73. The van der Waals surface area contributed by atoms with E-state index in [4.69, 9.17) is 4.98 Å². The van der Waals surface area contributed by atoms with Gasteiger partial charge < -0.3 is 5.32 Å². The largest absolute Gasteiger partial charge is 0.361 e. The van der Waals surface area contributed by atoms with Crippen molar-refractivity contribution in [1.82, 2.24) is 4.98 Å².